The van der Waals surface area contributed by atoms with Crippen molar-refractivity contribution in [2.45, 2.75) is 11.8 Å². The van der Waals surface area contributed by atoms with Gasteiger partial charge in [0.25, 0.3) is 15.8 Å². The number of amides is 1. The van der Waals surface area contributed by atoms with Crippen molar-refractivity contribution in [3.05, 3.63) is 64.7 Å². The van der Waals surface area contributed by atoms with Gasteiger partial charge >= 0.3 is 5.91 Å². The topological polar surface area (TPSA) is 80.3 Å². The van der Waals surface area contributed by atoms with E-state index >= 15 is 0 Å². The van der Waals surface area contributed by atoms with E-state index in [-0.39, 0.29) is 10.5 Å². The van der Waals surface area contributed by atoms with Crippen molar-refractivity contribution in [1.82, 2.24) is 4.72 Å². The predicted molar refractivity (Wildman–Crippen MR) is 82.3 cm³/mol. The van der Waals surface area contributed by atoms with E-state index in [9.17, 15) is 18.0 Å². The molecule has 0 unspecified atom stereocenters. The number of rotatable bonds is 4. The number of hydrogen-bond acceptors (Lipinski definition) is 4. The van der Waals surface area contributed by atoms with E-state index in [0.717, 1.165) is 5.56 Å². The van der Waals surface area contributed by atoms with Gasteiger partial charge in [0.05, 0.1) is 4.90 Å². The summed E-state index contributed by atoms with van der Waals surface area (Å²) in [5.41, 5.74) is 1.04. The SMILES string of the molecule is Cc1ccc(C(=O)C(=O)NS(=O)(=O)c2ccc(Cl)cc2)cc1. The number of hydrogen-bond donors (Lipinski definition) is 1. The summed E-state index contributed by atoms with van der Waals surface area (Å²) in [4.78, 5) is 23.6. The molecule has 0 bridgehead atoms. The molecule has 0 spiro atoms. The van der Waals surface area contributed by atoms with E-state index in [0.29, 0.717) is 5.02 Å². The Hall–Kier alpha value is -2.18. The third-order valence-corrected chi connectivity index (χ3v) is 4.47. The minimum absolute atomic E-state index is 0.120. The first-order valence-corrected chi connectivity index (χ1v) is 8.09. The van der Waals surface area contributed by atoms with E-state index in [2.05, 4.69) is 0 Å². The number of aryl methyl sites for hydroxylation is 1. The monoisotopic (exact) mass is 337 g/mol. The van der Waals surface area contributed by atoms with Gasteiger partial charge in [0.15, 0.2) is 0 Å². The van der Waals surface area contributed by atoms with Gasteiger partial charge in [-0.3, -0.25) is 9.59 Å². The second-order valence-corrected chi connectivity index (χ2v) is 6.70. The van der Waals surface area contributed by atoms with Crippen molar-refractivity contribution in [3.63, 3.8) is 0 Å². The fourth-order valence-electron chi connectivity index (χ4n) is 1.68. The molecule has 0 aromatic heterocycles. The van der Waals surface area contributed by atoms with Gasteiger partial charge in [-0.1, -0.05) is 41.4 Å². The van der Waals surface area contributed by atoms with Crippen molar-refractivity contribution in [2.75, 3.05) is 0 Å². The maximum absolute atomic E-state index is 12.0. The van der Waals surface area contributed by atoms with Crippen molar-refractivity contribution in [3.8, 4) is 0 Å². The molecule has 0 aliphatic rings. The number of sulfonamides is 1. The third kappa shape index (κ3) is 3.72. The zero-order valence-electron chi connectivity index (χ0n) is 11.5. The van der Waals surface area contributed by atoms with Crippen LogP contribution in [0.3, 0.4) is 0 Å². The molecule has 0 radical (unpaired) electrons. The van der Waals surface area contributed by atoms with Crippen LogP contribution in [0.15, 0.2) is 53.4 Å². The summed E-state index contributed by atoms with van der Waals surface area (Å²) in [7, 11) is -4.12. The van der Waals surface area contributed by atoms with Crippen LogP contribution in [0.25, 0.3) is 0 Å². The summed E-state index contributed by atoms with van der Waals surface area (Å²) in [5, 5.41) is 0.362. The standard InChI is InChI=1S/C15H12ClNO4S/c1-10-2-4-11(5-3-10)14(18)15(19)17-22(20,21)13-8-6-12(16)7-9-13/h2-9H,1H3,(H,17,19). The van der Waals surface area contributed by atoms with Crippen LogP contribution in [0.4, 0.5) is 0 Å². The number of carbonyl (C=O) groups is 2. The van der Waals surface area contributed by atoms with Crippen LogP contribution in [0, 0.1) is 6.92 Å². The lowest BCUT2D eigenvalue weighted by atomic mass is 10.1. The Labute approximate surface area is 133 Å². The van der Waals surface area contributed by atoms with Crippen LogP contribution in [0.5, 0.6) is 0 Å². The summed E-state index contributed by atoms with van der Waals surface area (Å²) < 4.78 is 25.8. The Kier molecular flexibility index (Phi) is 4.63. The second kappa shape index (κ2) is 6.29. The quantitative estimate of drug-likeness (QED) is 0.686. The zero-order chi connectivity index (χ0) is 16.3. The molecule has 0 saturated carbocycles. The Morgan fingerprint density at radius 1 is 0.955 bits per heavy atom. The van der Waals surface area contributed by atoms with E-state index < -0.39 is 21.7 Å². The molecular formula is C15H12ClNO4S. The molecule has 0 aliphatic heterocycles. The van der Waals surface area contributed by atoms with Crippen molar-refractivity contribution in [1.29, 1.82) is 0 Å². The Morgan fingerprint density at radius 2 is 1.50 bits per heavy atom. The van der Waals surface area contributed by atoms with Gasteiger partial charge < -0.3 is 0 Å². The molecule has 2 aromatic carbocycles. The highest BCUT2D eigenvalue weighted by atomic mass is 35.5. The van der Waals surface area contributed by atoms with Gasteiger partial charge in [-0.2, -0.15) is 0 Å². The molecule has 0 aliphatic carbocycles. The fourth-order valence-corrected chi connectivity index (χ4v) is 2.75. The van der Waals surface area contributed by atoms with Crippen molar-refractivity contribution in [2.24, 2.45) is 0 Å². The van der Waals surface area contributed by atoms with Gasteiger partial charge in [0.1, 0.15) is 0 Å². The summed E-state index contributed by atoms with van der Waals surface area (Å²) in [6.45, 7) is 1.83. The first kappa shape index (κ1) is 16.2. The average molecular weight is 338 g/mol. The highest BCUT2D eigenvalue weighted by molar-refractivity contribution is 7.90. The number of Topliss-reactive ketones (excluding diaryl/α,β-unsaturated/α-hetero) is 1. The van der Waals surface area contributed by atoms with Gasteiger partial charge in [0.2, 0.25) is 0 Å². The molecule has 1 N–H and O–H groups in total. The molecular weight excluding hydrogens is 326 g/mol. The molecule has 2 rings (SSSR count). The summed E-state index contributed by atoms with van der Waals surface area (Å²) in [5.74, 6) is -2.13. The third-order valence-electron chi connectivity index (χ3n) is 2.87. The Morgan fingerprint density at radius 3 is 2.05 bits per heavy atom. The second-order valence-electron chi connectivity index (χ2n) is 4.58. The number of benzene rings is 2. The fraction of sp³-hybridized carbons (Fsp3) is 0.0667. The van der Waals surface area contributed by atoms with Crippen LogP contribution in [-0.4, -0.2) is 20.1 Å². The van der Waals surface area contributed by atoms with Gasteiger partial charge in [-0.15, -0.1) is 0 Å². The average Bonchev–Trinajstić information content (AvgIpc) is 2.47. The molecule has 2 aromatic rings. The number of carbonyl (C=O) groups excluding carboxylic acids is 2. The van der Waals surface area contributed by atoms with Crippen LogP contribution >= 0.6 is 11.6 Å². The van der Waals surface area contributed by atoms with Crippen LogP contribution < -0.4 is 4.72 Å². The lowest BCUT2D eigenvalue weighted by Gasteiger charge is -2.06. The zero-order valence-corrected chi connectivity index (χ0v) is 13.1. The smallest absolute Gasteiger partial charge is 0.283 e. The van der Waals surface area contributed by atoms with Gasteiger partial charge in [-0.25, -0.2) is 13.1 Å². The first-order valence-electron chi connectivity index (χ1n) is 6.23. The molecule has 0 atom stereocenters. The van der Waals surface area contributed by atoms with E-state index in [1.165, 1.54) is 36.4 Å². The normalized spacial score (nSPS) is 11.0. The molecule has 0 fully saturated rings. The van der Waals surface area contributed by atoms with Crippen LogP contribution in [0.2, 0.25) is 5.02 Å². The highest BCUT2D eigenvalue weighted by Gasteiger charge is 2.23. The Bertz CT molecular complexity index is 812. The number of halogens is 1. The number of ketones is 1. The largest absolute Gasteiger partial charge is 0.306 e. The van der Waals surface area contributed by atoms with Crippen LogP contribution in [0.1, 0.15) is 15.9 Å². The van der Waals surface area contributed by atoms with E-state index in [1.54, 1.807) is 16.9 Å². The van der Waals surface area contributed by atoms with Crippen molar-refractivity contribution >= 4 is 33.3 Å². The Balaban J connectivity index is 2.18. The molecule has 5 nitrogen and oxygen atoms in total. The molecule has 0 heterocycles. The number of nitrogens with one attached hydrogen (secondary N) is 1. The molecule has 7 heteroatoms. The van der Waals surface area contributed by atoms with Gasteiger partial charge in [0, 0.05) is 10.6 Å². The molecule has 22 heavy (non-hydrogen) atoms. The maximum atomic E-state index is 12.0. The van der Waals surface area contributed by atoms with Crippen molar-refractivity contribution < 1.29 is 18.0 Å². The maximum Gasteiger partial charge on any atom is 0.306 e. The van der Waals surface area contributed by atoms with E-state index in [4.69, 9.17) is 11.6 Å². The lowest BCUT2D eigenvalue weighted by Crippen LogP contribution is -2.36. The highest BCUT2D eigenvalue weighted by Crippen LogP contribution is 2.14. The van der Waals surface area contributed by atoms with E-state index in [1.807, 2.05) is 6.92 Å². The summed E-state index contributed by atoms with van der Waals surface area (Å²) >= 11 is 5.67. The summed E-state index contributed by atoms with van der Waals surface area (Å²) in [6, 6.07) is 11.5. The minimum atomic E-state index is -4.12. The first-order chi connectivity index (χ1) is 10.3. The molecule has 0 saturated heterocycles. The minimum Gasteiger partial charge on any atom is -0.283 e. The molecule has 114 valence electrons. The predicted octanol–water partition coefficient (Wildman–Crippen LogP) is 2.34. The van der Waals surface area contributed by atoms with Crippen LogP contribution in [-0.2, 0) is 14.8 Å². The summed E-state index contributed by atoms with van der Waals surface area (Å²) in [6.07, 6.45) is 0. The lowest BCUT2D eigenvalue weighted by molar-refractivity contribution is -0.115. The molecule has 1 amide bonds. The van der Waals surface area contributed by atoms with Gasteiger partial charge in [-0.05, 0) is 31.2 Å².